The lowest BCUT2D eigenvalue weighted by atomic mass is 9.62. The Morgan fingerprint density at radius 2 is 1.60 bits per heavy atom. The predicted octanol–water partition coefficient (Wildman–Crippen LogP) is 6.24. The SMILES string of the molecule is COc1nc(Cl)nc(OC)c1NC(=O)c1ccc(Cc2cc3c(cc2C)C(C)(C)CCC3(C)C)o1. The molecular weight excluding hydrogens is 466 g/mol. The van der Waals surface area contributed by atoms with Crippen LogP contribution in [-0.4, -0.2) is 30.1 Å². The third-order valence-electron chi connectivity index (χ3n) is 7.00. The topological polar surface area (TPSA) is 86.5 Å². The summed E-state index contributed by atoms with van der Waals surface area (Å²) in [5.41, 5.74) is 5.73. The highest BCUT2D eigenvalue weighted by Gasteiger charge is 2.37. The van der Waals surface area contributed by atoms with Gasteiger partial charge in [0.2, 0.25) is 17.0 Å². The second-order valence-corrected chi connectivity index (χ2v) is 10.7. The van der Waals surface area contributed by atoms with Gasteiger partial charge in [-0.15, -0.1) is 0 Å². The molecule has 0 unspecified atom stereocenters. The van der Waals surface area contributed by atoms with Gasteiger partial charge in [-0.1, -0.05) is 39.8 Å². The summed E-state index contributed by atoms with van der Waals surface area (Å²) in [5, 5.41) is 2.66. The molecule has 1 N–H and O–H groups in total. The molecule has 1 aliphatic rings. The third kappa shape index (κ3) is 4.87. The molecule has 1 aromatic carbocycles. The molecule has 0 saturated carbocycles. The van der Waals surface area contributed by atoms with Crippen molar-refractivity contribution in [2.75, 3.05) is 19.5 Å². The maximum absolute atomic E-state index is 12.9. The molecule has 0 atom stereocenters. The van der Waals surface area contributed by atoms with Gasteiger partial charge in [0.1, 0.15) is 5.76 Å². The van der Waals surface area contributed by atoms with Crippen LogP contribution in [0.4, 0.5) is 5.69 Å². The van der Waals surface area contributed by atoms with E-state index in [0.29, 0.717) is 12.2 Å². The summed E-state index contributed by atoms with van der Waals surface area (Å²) in [7, 11) is 2.84. The van der Waals surface area contributed by atoms with Crippen LogP contribution in [0, 0.1) is 6.92 Å². The van der Waals surface area contributed by atoms with E-state index in [1.54, 1.807) is 6.07 Å². The smallest absolute Gasteiger partial charge is 0.291 e. The number of anilines is 1. The first-order valence-corrected chi connectivity index (χ1v) is 12.0. The monoisotopic (exact) mass is 497 g/mol. The van der Waals surface area contributed by atoms with E-state index < -0.39 is 5.91 Å². The average Bonchev–Trinajstić information content (AvgIpc) is 3.27. The van der Waals surface area contributed by atoms with E-state index in [-0.39, 0.29) is 39.3 Å². The molecule has 0 fully saturated rings. The molecule has 0 radical (unpaired) electrons. The van der Waals surface area contributed by atoms with Crippen molar-refractivity contribution in [1.29, 1.82) is 0 Å². The Kier molecular flexibility index (Phi) is 6.58. The summed E-state index contributed by atoms with van der Waals surface area (Å²) in [6.45, 7) is 11.4. The quantitative estimate of drug-likeness (QED) is 0.405. The number of aromatic nitrogens is 2. The van der Waals surface area contributed by atoms with Crippen molar-refractivity contribution < 1.29 is 18.7 Å². The minimum Gasteiger partial charge on any atom is -0.479 e. The van der Waals surface area contributed by atoms with Gasteiger partial charge in [0, 0.05) is 6.42 Å². The van der Waals surface area contributed by atoms with Crippen LogP contribution in [0.2, 0.25) is 5.28 Å². The molecule has 0 saturated heterocycles. The highest BCUT2D eigenvalue weighted by atomic mass is 35.5. The summed E-state index contributed by atoms with van der Waals surface area (Å²) < 4.78 is 16.4. The normalized spacial score (nSPS) is 15.9. The Balaban J connectivity index is 1.59. The first-order valence-electron chi connectivity index (χ1n) is 11.7. The highest BCUT2D eigenvalue weighted by molar-refractivity contribution is 6.28. The number of aryl methyl sites for hydroxylation is 1. The molecule has 8 heteroatoms. The zero-order valence-corrected chi connectivity index (χ0v) is 22.1. The van der Waals surface area contributed by atoms with Crippen LogP contribution < -0.4 is 14.8 Å². The molecule has 2 heterocycles. The summed E-state index contributed by atoms with van der Waals surface area (Å²) >= 11 is 5.89. The Morgan fingerprint density at radius 1 is 1.03 bits per heavy atom. The summed E-state index contributed by atoms with van der Waals surface area (Å²) in [6.07, 6.45) is 2.93. The fourth-order valence-electron chi connectivity index (χ4n) is 4.71. The summed E-state index contributed by atoms with van der Waals surface area (Å²) in [6, 6.07) is 8.15. The lowest BCUT2D eigenvalue weighted by molar-refractivity contribution is 0.0994. The number of furan rings is 1. The van der Waals surface area contributed by atoms with E-state index >= 15 is 0 Å². The number of amides is 1. The molecule has 1 aliphatic carbocycles. The number of hydrogen-bond donors (Lipinski definition) is 1. The summed E-state index contributed by atoms with van der Waals surface area (Å²) in [4.78, 5) is 20.9. The number of carbonyl (C=O) groups excluding carboxylic acids is 1. The number of methoxy groups -OCH3 is 2. The number of carbonyl (C=O) groups is 1. The van der Waals surface area contributed by atoms with Gasteiger partial charge in [-0.2, -0.15) is 9.97 Å². The maximum atomic E-state index is 12.9. The number of nitrogens with zero attached hydrogens (tertiary/aromatic N) is 2. The first kappa shape index (κ1) is 25.0. The number of ether oxygens (including phenoxy) is 2. The Hall–Kier alpha value is -3.06. The van der Waals surface area contributed by atoms with Gasteiger partial charge in [-0.05, 0) is 76.6 Å². The Labute approximate surface area is 211 Å². The molecule has 1 amide bonds. The molecule has 7 nitrogen and oxygen atoms in total. The van der Waals surface area contributed by atoms with Gasteiger partial charge >= 0.3 is 0 Å². The van der Waals surface area contributed by atoms with Crippen molar-refractivity contribution >= 4 is 23.2 Å². The van der Waals surface area contributed by atoms with E-state index in [4.69, 9.17) is 25.5 Å². The van der Waals surface area contributed by atoms with Crippen LogP contribution in [0.1, 0.15) is 79.1 Å². The Morgan fingerprint density at radius 3 is 2.17 bits per heavy atom. The van der Waals surface area contributed by atoms with E-state index in [1.165, 1.54) is 42.9 Å². The molecule has 0 bridgehead atoms. The first-order chi connectivity index (χ1) is 16.4. The lowest BCUT2D eigenvalue weighted by Crippen LogP contribution is -2.34. The van der Waals surface area contributed by atoms with E-state index in [1.807, 2.05) is 6.07 Å². The highest BCUT2D eigenvalue weighted by Crippen LogP contribution is 2.46. The number of fused-ring (bicyclic) bond motifs is 1. The van der Waals surface area contributed by atoms with E-state index in [0.717, 1.165) is 6.42 Å². The van der Waals surface area contributed by atoms with Gasteiger partial charge < -0.3 is 19.2 Å². The van der Waals surface area contributed by atoms with Crippen molar-refractivity contribution in [3.8, 4) is 11.8 Å². The zero-order valence-electron chi connectivity index (χ0n) is 21.3. The van der Waals surface area contributed by atoms with Crippen LogP contribution >= 0.6 is 11.6 Å². The average molecular weight is 498 g/mol. The summed E-state index contributed by atoms with van der Waals surface area (Å²) in [5.74, 6) is 0.590. The fourth-order valence-corrected chi connectivity index (χ4v) is 4.87. The molecule has 0 aliphatic heterocycles. The van der Waals surface area contributed by atoms with E-state index in [9.17, 15) is 4.79 Å². The number of nitrogens with one attached hydrogen (secondary N) is 1. The minimum atomic E-state index is -0.469. The minimum absolute atomic E-state index is 0.0519. The molecule has 2 aromatic heterocycles. The largest absolute Gasteiger partial charge is 0.479 e. The standard InChI is InChI=1S/C27H32ClN3O4/c1-15-12-18-19(27(4,5)11-10-26(18,2)3)14-16(15)13-17-8-9-20(35-17)22(32)29-21-23(33-6)30-25(28)31-24(21)34-7/h8-9,12,14H,10-11,13H2,1-7H3,(H,29,32). The van der Waals surface area contributed by atoms with Gasteiger partial charge in [-0.3, -0.25) is 4.79 Å². The van der Waals surface area contributed by atoms with Gasteiger partial charge in [0.25, 0.3) is 5.91 Å². The lowest BCUT2D eigenvalue weighted by Gasteiger charge is -2.42. The van der Waals surface area contributed by atoms with Crippen molar-refractivity contribution in [2.24, 2.45) is 0 Å². The van der Waals surface area contributed by atoms with Crippen molar-refractivity contribution in [1.82, 2.24) is 9.97 Å². The molecular formula is C27H32ClN3O4. The van der Waals surface area contributed by atoms with Gasteiger partial charge in [0.15, 0.2) is 11.4 Å². The van der Waals surface area contributed by atoms with Crippen LogP contribution in [0.25, 0.3) is 0 Å². The van der Waals surface area contributed by atoms with Crippen LogP contribution in [0.5, 0.6) is 11.8 Å². The predicted molar refractivity (Wildman–Crippen MR) is 136 cm³/mol. The van der Waals surface area contributed by atoms with E-state index in [2.05, 4.69) is 62.0 Å². The second-order valence-electron chi connectivity index (χ2n) is 10.4. The molecule has 35 heavy (non-hydrogen) atoms. The second kappa shape index (κ2) is 9.19. The third-order valence-corrected chi connectivity index (χ3v) is 7.17. The van der Waals surface area contributed by atoms with Gasteiger partial charge in [0.05, 0.1) is 14.2 Å². The van der Waals surface area contributed by atoms with Crippen molar-refractivity contribution in [3.63, 3.8) is 0 Å². The van der Waals surface area contributed by atoms with Crippen molar-refractivity contribution in [2.45, 2.75) is 64.7 Å². The van der Waals surface area contributed by atoms with Crippen molar-refractivity contribution in [3.05, 3.63) is 63.3 Å². The molecule has 0 spiro atoms. The molecule has 186 valence electrons. The number of benzene rings is 1. The molecule has 3 aromatic rings. The Bertz CT molecular complexity index is 1250. The van der Waals surface area contributed by atoms with Crippen LogP contribution in [0.3, 0.4) is 0 Å². The number of halogens is 1. The fraction of sp³-hybridized carbons (Fsp3) is 0.444. The number of hydrogen-bond acceptors (Lipinski definition) is 6. The maximum Gasteiger partial charge on any atom is 0.291 e. The van der Waals surface area contributed by atoms with Gasteiger partial charge in [-0.25, -0.2) is 0 Å². The molecule has 4 rings (SSSR count). The van der Waals surface area contributed by atoms with Crippen LogP contribution in [-0.2, 0) is 17.3 Å². The zero-order chi connectivity index (χ0) is 25.5. The number of rotatable bonds is 6. The van der Waals surface area contributed by atoms with Crippen LogP contribution in [0.15, 0.2) is 28.7 Å².